The molecule has 0 unspecified atom stereocenters. The van der Waals surface area contributed by atoms with Crippen LogP contribution in [0.5, 0.6) is 11.5 Å². The van der Waals surface area contributed by atoms with Crippen LogP contribution in [0.25, 0.3) is 6.08 Å². The number of aromatic hydroxyl groups is 1. The number of barbiturate groups is 1. The van der Waals surface area contributed by atoms with Gasteiger partial charge in [0.25, 0.3) is 11.8 Å². The normalized spacial score (nSPS) is 15.4. The van der Waals surface area contributed by atoms with E-state index in [4.69, 9.17) is 15.8 Å². The monoisotopic (exact) mass is 498 g/mol. The van der Waals surface area contributed by atoms with Crippen LogP contribution in [0.1, 0.15) is 5.56 Å². The van der Waals surface area contributed by atoms with Crippen LogP contribution in [-0.2, 0) is 19.7 Å². The minimum absolute atomic E-state index is 0.0190. The lowest BCUT2D eigenvalue weighted by atomic mass is 10.1. The highest BCUT2D eigenvalue weighted by Gasteiger charge is 2.37. The lowest BCUT2D eigenvalue weighted by Gasteiger charge is -2.26. The van der Waals surface area contributed by atoms with Gasteiger partial charge in [-0.1, -0.05) is 29.8 Å². The van der Waals surface area contributed by atoms with E-state index in [1.807, 2.05) is 0 Å². The van der Waals surface area contributed by atoms with Crippen LogP contribution >= 0.6 is 11.6 Å². The average molecular weight is 499 g/mol. The predicted molar refractivity (Wildman–Crippen MR) is 123 cm³/mol. The van der Waals surface area contributed by atoms with Gasteiger partial charge in [0.05, 0.1) is 5.69 Å². The van der Waals surface area contributed by atoms with Gasteiger partial charge in [0, 0.05) is 10.6 Å². The van der Waals surface area contributed by atoms with E-state index >= 15 is 0 Å². The molecule has 4 rings (SSSR count). The molecule has 34 heavy (non-hydrogen) atoms. The van der Waals surface area contributed by atoms with Crippen molar-refractivity contribution < 1.29 is 32.1 Å². The minimum atomic E-state index is -4.23. The van der Waals surface area contributed by atoms with Crippen molar-refractivity contribution in [3.63, 3.8) is 0 Å². The topological polar surface area (TPSA) is 130 Å². The molecule has 0 radical (unpaired) electrons. The first-order chi connectivity index (χ1) is 16.2. The van der Waals surface area contributed by atoms with Gasteiger partial charge in [-0.05, 0) is 60.7 Å². The number of urea groups is 1. The Labute approximate surface area is 199 Å². The number of imide groups is 2. The predicted octanol–water partition coefficient (Wildman–Crippen LogP) is 3.48. The molecule has 1 saturated heterocycles. The number of hydrogen-bond acceptors (Lipinski definition) is 7. The summed E-state index contributed by atoms with van der Waals surface area (Å²) < 4.78 is 30.6. The molecular formula is C23H15ClN2O7S. The van der Waals surface area contributed by atoms with Crippen LogP contribution in [0.4, 0.5) is 10.5 Å². The van der Waals surface area contributed by atoms with Crippen molar-refractivity contribution in [1.82, 2.24) is 5.32 Å². The summed E-state index contributed by atoms with van der Waals surface area (Å²) in [5.41, 5.74) is -0.338. The zero-order chi connectivity index (χ0) is 24.5. The van der Waals surface area contributed by atoms with Crippen molar-refractivity contribution in [2.75, 3.05) is 4.90 Å². The molecule has 11 heteroatoms. The van der Waals surface area contributed by atoms with Crippen molar-refractivity contribution in [2.45, 2.75) is 4.90 Å². The Morgan fingerprint density at radius 3 is 2.29 bits per heavy atom. The van der Waals surface area contributed by atoms with Gasteiger partial charge in [-0.25, -0.2) is 9.69 Å². The summed E-state index contributed by atoms with van der Waals surface area (Å²) in [6.07, 6.45) is 1.08. The molecule has 3 aromatic carbocycles. The second kappa shape index (κ2) is 9.00. The number of phenols is 1. The average Bonchev–Trinajstić information content (AvgIpc) is 2.80. The number of hydrogen-bond donors (Lipinski definition) is 2. The molecule has 0 aliphatic carbocycles. The van der Waals surface area contributed by atoms with Gasteiger partial charge in [-0.15, -0.1) is 0 Å². The SMILES string of the molecule is O=C1NC(=O)N(c2ccc(O)cc2)C(=O)/C1=C/c1cc(Cl)ccc1OS(=O)(=O)c1ccccc1. The molecule has 0 bridgehead atoms. The van der Waals surface area contributed by atoms with Gasteiger partial charge >= 0.3 is 16.1 Å². The first kappa shape index (κ1) is 23.0. The van der Waals surface area contributed by atoms with E-state index in [0.29, 0.717) is 4.90 Å². The second-order valence-electron chi connectivity index (χ2n) is 7.01. The fraction of sp³-hybridized carbons (Fsp3) is 0. The molecule has 0 aromatic heterocycles. The Morgan fingerprint density at radius 2 is 1.62 bits per heavy atom. The molecule has 4 amide bonds. The van der Waals surface area contributed by atoms with Crippen molar-refractivity contribution >= 4 is 51.3 Å². The quantitative estimate of drug-likeness (QED) is 0.313. The van der Waals surface area contributed by atoms with Gasteiger partial charge in [0.15, 0.2) is 0 Å². The van der Waals surface area contributed by atoms with Crippen molar-refractivity contribution in [3.8, 4) is 11.5 Å². The molecule has 1 fully saturated rings. The Bertz CT molecular complexity index is 1440. The van der Waals surface area contributed by atoms with Crippen LogP contribution in [-0.4, -0.2) is 31.4 Å². The fourth-order valence-electron chi connectivity index (χ4n) is 3.11. The maximum absolute atomic E-state index is 13.1. The van der Waals surface area contributed by atoms with E-state index in [0.717, 1.165) is 6.08 Å². The van der Waals surface area contributed by atoms with E-state index in [-0.39, 0.29) is 32.7 Å². The summed E-state index contributed by atoms with van der Waals surface area (Å²) >= 11 is 6.05. The van der Waals surface area contributed by atoms with Crippen LogP contribution in [0.2, 0.25) is 5.02 Å². The van der Waals surface area contributed by atoms with Gasteiger partial charge in [-0.2, -0.15) is 8.42 Å². The molecule has 0 saturated carbocycles. The number of carbonyl (C=O) groups excluding carboxylic acids is 3. The van der Waals surface area contributed by atoms with Crippen LogP contribution in [0, 0.1) is 0 Å². The van der Waals surface area contributed by atoms with Gasteiger partial charge in [-0.3, -0.25) is 14.9 Å². The number of anilines is 1. The van der Waals surface area contributed by atoms with Crippen LogP contribution in [0.3, 0.4) is 0 Å². The maximum Gasteiger partial charge on any atom is 0.339 e. The third-order valence-electron chi connectivity index (χ3n) is 4.71. The second-order valence-corrected chi connectivity index (χ2v) is 8.99. The van der Waals surface area contributed by atoms with E-state index in [1.54, 1.807) is 6.07 Å². The molecule has 0 atom stereocenters. The van der Waals surface area contributed by atoms with E-state index in [2.05, 4.69) is 5.32 Å². The summed E-state index contributed by atoms with van der Waals surface area (Å²) in [6, 6.07) is 15.6. The molecule has 172 valence electrons. The highest BCUT2D eigenvalue weighted by atomic mass is 35.5. The first-order valence-electron chi connectivity index (χ1n) is 9.65. The molecule has 1 heterocycles. The number of benzene rings is 3. The van der Waals surface area contributed by atoms with Crippen molar-refractivity contribution in [2.24, 2.45) is 0 Å². The van der Waals surface area contributed by atoms with Crippen molar-refractivity contribution in [3.05, 3.63) is 89.0 Å². The standard InChI is InChI=1S/C23H15ClN2O7S/c24-15-6-11-20(33-34(31,32)18-4-2-1-3-5-18)14(12-15)13-19-21(28)25-23(30)26(22(19)29)16-7-9-17(27)10-8-16/h1-13,27H,(H,25,28,30)/b19-13+. The molecule has 3 aromatic rings. The Balaban J connectivity index is 1.75. The highest BCUT2D eigenvalue weighted by Crippen LogP contribution is 2.30. The van der Waals surface area contributed by atoms with E-state index in [1.165, 1.54) is 66.7 Å². The minimum Gasteiger partial charge on any atom is -0.508 e. The number of halogens is 1. The lowest BCUT2D eigenvalue weighted by molar-refractivity contribution is -0.122. The summed E-state index contributed by atoms with van der Waals surface area (Å²) in [7, 11) is -4.23. The Hall–Kier alpha value is -4.15. The largest absolute Gasteiger partial charge is 0.508 e. The molecule has 1 aliphatic heterocycles. The molecule has 1 aliphatic rings. The molecule has 9 nitrogen and oxygen atoms in total. The Morgan fingerprint density at radius 1 is 0.941 bits per heavy atom. The third-order valence-corrected chi connectivity index (χ3v) is 6.20. The highest BCUT2D eigenvalue weighted by molar-refractivity contribution is 7.87. The number of carbonyl (C=O) groups is 3. The number of amides is 4. The zero-order valence-electron chi connectivity index (χ0n) is 17.1. The molecule has 0 spiro atoms. The van der Waals surface area contributed by atoms with Gasteiger partial charge in [0.1, 0.15) is 22.0 Å². The molecular weight excluding hydrogens is 484 g/mol. The maximum atomic E-state index is 13.1. The summed E-state index contributed by atoms with van der Waals surface area (Å²) in [5, 5.41) is 11.7. The summed E-state index contributed by atoms with van der Waals surface area (Å²) in [5.74, 6) is -2.21. The van der Waals surface area contributed by atoms with E-state index in [9.17, 15) is 27.9 Å². The first-order valence-corrected chi connectivity index (χ1v) is 11.4. The van der Waals surface area contributed by atoms with Crippen LogP contribution < -0.4 is 14.4 Å². The summed E-state index contributed by atoms with van der Waals surface area (Å²) in [4.78, 5) is 38.5. The number of nitrogens with one attached hydrogen (secondary N) is 1. The third kappa shape index (κ3) is 4.63. The van der Waals surface area contributed by atoms with Gasteiger partial charge < -0.3 is 9.29 Å². The summed E-state index contributed by atoms with van der Waals surface area (Å²) in [6.45, 7) is 0. The van der Waals surface area contributed by atoms with Crippen LogP contribution in [0.15, 0.2) is 83.3 Å². The molecule has 2 N–H and O–H groups in total. The Kier molecular flexibility index (Phi) is 6.10. The van der Waals surface area contributed by atoms with Crippen molar-refractivity contribution in [1.29, 1.82) is 0 Å². The smallest absolute Gasteiger partial charge is 0.339 e. The van der Waals surface area contributed by atoms with E-state index < -0.39 is 33.5 Å². The zero-order valence-corrected chi connectivity index (χ0v) is 18.7. The van der Waals surface area contributed by atoms with Gasteiger partial charge in [0.2, 0.25) is 0 Å². The lowest BCUT2D eigenvalue weighted by Crippen LogP contribution is -2.54. The number of rotatable bonds is 5. The number of nitrogens with zero attached hydrogens (tertiary/aromatic N) is 1. The fourth-order valence-corrected chi connectivity index (χ4v) is 4.27. The number of phenolic OH excluding ortho intramolecular Hbond substituents is 1.